The first-order chi connectivity index (χ1) is 33.7. The summed E-state index contributed by atoms with van der Waals surface area (Å²) >= 11 is 0. The van der Waals surface area contributed by atoms with Gasteiger partial charge in [-0.05, 0) is 45.4 Å². The molecule has 70 heavy (non-hydrogen) atoms. The predicted molar refractivity (Wildman–Crippen MR) is 247 cm³/mol. The highest BCUT2D eigenvalue weighted by atomic mass is 16.5. The Kier molecular flexibility index (Phi) is 22.1. The molecule has 0 amide bonds. The van der Waals surface area contributed by atoms with Crippen LogP contribution in [0.5, 0.6) is 34.5 Å². The fourth-order valence-electron chi connectivity index (χ4n) is 8.29. The zero-order chi connectivity index (χ0) is 52.1. The number of carbonyl (C=O) groups is 2. The van der Waals surface area contributed by atoms with E-state index < -0.39 is 11.9 Å². The number of ether oxygens (including phenoxy) is 10. The first-order valence-electron chi connectivity index (χ1n) is 21.0. The van der Waals surface area contributed by atoms with Crippen molar-refractivity contribution in [2.75, 3.05) is 63.4 Å². The minimum absolute atomic E-state index is 0.194. The zero-order valence-electron chi connectivity index (χ0n) is 40.8. The fraction of sp³-hybridized carbons (Fsp3) is 0.417. The van der Waals surface area contributed by atoms with Crippen LogP contribution in [0.4, 0.5) is 0 Å². The Balaban J connectivity index is 0.000000302. The Labute approximate surface area is 402 Å². The van der Waals surface area contributed by atoms with Gasteiger partial charge in [0.25, 0.3) is 0 Å². The molecule has 5 aromatic rings. The summed E-state index contributed by atoms with van der Waals surface area (Å²) < 4.78 is 57.4. The summed E-state index contributed by atoms with van der Waals surface area (Å²) in [6.45, 7) is 8.03. The molecule has 4 atom stereocenters. The van der Waals surface area contributed by atoms with E-state index in [9.17, 15) is 9.59 Å². The molecule has 22 nitrogen and oxygen atoms in total. The molecule has 0 N–H and O–H groups in total. The van der Waals surface area contributed by atoms with Gasteiger partial charge in [0.05, 0.1) is 111 Å². The molecule has 0 bridgehead atoms. The second-order valence-corrected chi connectivity index (χ2v) is 14.5. The summed E-state index contributed by atoms with van der Waals surface area (Å²) in [4.78, 5) is 57.2. The van der Waals surface area contributed by atoms with Crippen molar-refractivity contribution in [1.82, 2.24) is 15.0 Å². The number of benzene rings is 4. The van der Waals surface area contributed by atoms with Crippen LogP contribution in [-0.4, -0.2) is 115 Å². The van der Waals surface area contributed by atoms with Gasteiger partial charge in [0.15, 0.2) is 5.69 Å². The Morgan fingerprint density at radius 2 is 1.19 bits per heavy atom. The summed E-state index contributed by atoms with van der Waals surface area (Å²) in [5.74, 6) is 8.04. The predicted octanol–water partition coefficient (Wildman–Crippen LogP) is 6.45. The Bertz CT molecular complexity index is 2810. The fourth-order valence-corrected chi connectivity index (χ4v) is 8.29. The molecule has 2 aliphatic rings. The largest absolute Gasteiger partial charge is 0.496 e. The van der Waals surface area contributed by atoms with E-state index in [4.69, 9.17) is 67.3 Å². The van der Waals surface area contributed by atoms with E-state index in [2.05, 4.69) is 36.9 Å². The highest BCUT2D eigenvalue weighted by molar-refractivity contribution is 6.01. The normalized spacial score (nSPS) is 15.7. The third-order valence-electron chi connectivity index (χ3n) is 10.9. The monoisotopic (exact) mass is 970 g/mol. The van der Waals surface area contributed by atoms with Crippen molar-refractivity contribution in [2.24, 2.45) is 5.11 Å². The number of fused-ring (bicyclic) bond motifs is 4. The van der Waals surface area contributed by atoms with E-state index in [1.807, 2.05) is 50.2 Å². The number of azide groups is 1. The molecular weight excluding hydrogens is 917 g/mol. The molecule has 0 saturated heterocycles. The van der Waals surface area contributed by atoms with Gasteiger partial charge in [-0.2, -0.15) is 19.2 Å². The minimum atomic E-state index is -0.510. The molecule has 3 heterocycles. The number of nitrogens with zero attached hydrogens (tertiary/aromatic N) is 6. The van der Waals surface area contributed by atoms with Crippen LogP contribution in [0.25, 0.3) is 32.0 Å². The van der Waals surface area contributed by atoms with Crippen molar-refractivity contribution < 1.29 is 76.1 Å². The lowest BCUT2D eigenvalue weighted by Gasteiger charge is -2.33. The SMILES string of the molecule is CC#CC(=O)OC.COC(=O)c1nnn(C[C@H]2Cc3c(c(OC)c4c(OC)cccc4c3OC)[C@@H](C)O2)c1C.COc1c2c(c(OC)c3c(OC)cccc13)[C@@H](C)O[C@@H](CN=[N+]=[N-])C2.O=C=O.O=C=O. The van der Waals surface area contributed by atoms with Gasteiger partial charge in [0, 0.05) is 56.7 Å². The average molecular weight is 971 g/mol. The van der Waals surface area contributed by atoms with Gasteiger partial charge in [0.2, 0.25) is 0 Å². The molecule has 2 aliphatic heterocycles. The van der Waals surface area contributed by atoms with Gasteiger partial charge in [-0.1, -0.05) is 40.5 Å². The smallest absolute Gasteiger partial charge is 0.384 e. The van der Waals surface area contributed by atoms with Crippen LogP contribution in [0.15, 0.2) is 41.5 Å². The number of aromatic nitrogens is 3. The van der Waals surface area contributed by atoms with Crippen LogP contribution in [-0.2, 0) is 62.3 Å². The molecule has 372 valence electrons. The van der Waals surface area contributed by atoms with Crippen molar-refractivity contribution in [3.05, 3.63) is 80.5 Å². The first kappa shape index (κ1) is 56.2. The van der Waals surface area contributed by atoms with E-state index in [0.717, 1.165) is 72.5 Å². The maximum atomic E-state index is 11.9. The number of esters is 2. The van der Waals surface area contributed by atoms with Gasteiger partial charge in [-0.15, -0.1) is 5.10 Å². The van der Waals surface area contributed by atoms with E-state index in [1.54, 1.807) is 61.2 Å². The first-order valence-corrected chi connectivity index (χ1v) is 21.0. The van der Waals surface area contributed by atoms with Crippen LogP contribution >= 0.6 is 0 Å². The van der Waals surface area contributed by atoms with Crippen LogP contribution in [0.1, 0.15) is 71.4 Å². The van der Waals surface area contributed by atoms with Crippen molar-refractivity contribution in [3.8, 4) is 46.3 Å². The maximum absolute atomic E-state index is 11.9. The molecule has 4 aromatic carbocycles. The Hall–Kier alpha value is -8.17. The molecule has 7 rings (SSSR count). The van der Waals surface area contributed by atoms with E-state index in [1.165, 1.54) is 14.2 Å². The van der Waals surface area contributed by atoms with Crippen LogP contribution in [0.2, 0.25) is 0 Å². The summed E-state index contributed by atoms with van der Waals surface area (Å²) in [6, 6.07) is 11.6. The number of hydrogen-bond donors (Lipinski definition) is 0. The van der Waals surface area contributed by atoms with Crippen molar-refractivity contribution >= 4 is 45.8 Å². The highest BCUT2D eigenvalue weighted by Crippen LogP contribution is 2.51. The van der Waals surface area contributed by atoms with Crippen molar-refractivity contribution in [2.45, 2.75) is 71.5 Å². The van der Waals surface area contributed by atoms with Crippen LogP contribution < -0.4 is 28.4 Å². The Morgan fingerprint density at radius 3 is 1.57 bits per heavy atom. The van der Waals surface area contributed by atoms with E-state index in [-0.39, 0.29) is 49.0 Å². The molecule has 0 unspecified atom stereocenters. The second-order valence-electron chi connectivity index (χ2n) is 14.5. The van der Waals surface area contributed by atoms with Crippen LogP contribution in [0.3, 0.4) is 0 Å². The Morgan fingerprint density at radius 1 is 0.729 bits per heavy atom. The number of hydrogen-bond acceptors (Lipinski definition) is 19. The lowest BCUT2D eigenvalue weighted by molar-refractivity contribution is -0.193. The standard InChI is InChI=1S/C23H27N3O6.C18H21N3O4.C5H6O2.2CO2/c1-12-20(23(27)31-6)24-25-26(12)11-14-10-16-18(13(2)32-14)22(30-5)19-15(21(16)29-4)8-7-9-17(19)28-3;1-10-15-13(8-11(25-10)9-20-21-19)17(23-3)12-6-5-7-14(22-2)16(12)18(15)24-4;1-3-4-5(6)7-2;2*2-1-3/h7-9,13-14H,10-11H2,1-6H3;5-7,10-11H,8-9H2,1-4H3;1-2H3;;/t13-,14-;10-,11-;;;/m11.../s1. The maximum Gasteiger partial charge on any atom is 0.384 e. The van der Waals surface area contributed by atoms with E-state index >= 15 is 0 Å². The third kappa shape index (κ3) is 12.7. The molecule has 0 radical (unpaired) electrons. The van der Waals surface area contributed by atoms with Crippen molar-refractivity contribution in [3.63, 3.8) is 0 Å². The third-order valence-corrected chi connectivity index (χ3v) is 10.9. The van der Waals surface area contributed by atoms with E-state index in [0.29, 0.717) is 30.8 Å². The number of rotatable bonds is 11. The van der Waals surface area contributed by atoms with Crippen LogP contribution in [0, 0.1) is 18.8 Å². The second kappa shape index (κ2) is 27.6. The number of methoxy groups -OCH3 is 8. The minimum Gasteiger partial charge on any atom is -0.496 e. The topological polar surface area (TPSA) is 274 Å². The number of carbonyl (C=O) groups excluding carboxylic acids is 6. The average Bonchev–Trinajstić information content (AvgIpc) is 3.72. The van der Waals surface area contributed by atoms with Gasteiger partial charge in [-0.3, -0.25) is 0 Å². The molecule has 0 saturated carbocycles. The summed E-state index contributed by atoms with van der Waals surface area (Å²) in [6.07, 6.45) is 0.793. The van der Waals surface area contributed by atoms with Gasteiger partial charge in [0.1, 0.15) is 34.5 Å². The van der Waals surface area contributed by atoms with Crippen molar-refractivity contribution in [1.29, 1.82) is 0 Å². The van der Waals surface area contributed by atoms with Gasteiger partial charge < -0.3 is 47.4 Å². The summed E-state index contributed by atoms with van der Waals surface area (Å²) in [7, 11) is 12.5. The molecular formula is C48H54N6O16. The highest BCUT2D eigenvalue weighted by Gasteiger charge is 2.35. The summed E-state index contributed by atoms with van der Waals surface area (Å²) in [5.41, 5.74) is 13.4. The van der Waals surface area contributed by atoms with Gasteiger partial charge >= 0.3 is 24.2 Å². The molecule has 0 aliphatic carbocycles. The molecule has 0 spiro atoms. The summed E-state index contributed by atoms with van der Waals surface area (Å²) in [5, 5.41) is 15.3. The lowest BCUT2D eigenvalue weighted by atomic mass is 9.88. The molecule has 0 fully saturated rings. The zero-order valence-corrected chi connectivity index (χ0v) is 40.8. The quantitative estimate of drug-likeness (QED) is 0.0343. The van der Waals surface area contributed by atoms with Gasteiger partial charge in [-0.25, -0.2) is 14.3 Å². The lowest BCUT2D eigenvalue weighted by Crippen LogP contribution is -2.30. The molecule has 22 heteroatoms. The molecule has 1 aromatic heterocycles.